The molecule has 98 valence electrons. The van der Waals surface area contributed by atoms with E-state index in [0.29, 0.717) is 0 Å². The van der Waals surface area contributed by atoms with Crippen LogP contribution in [0.5, 0.6) is 5.75 Å². The molecule has 0 fully saturated rings. The van der Waals surface area contributed by atoms with Gasteiger partial charge in [-0.15, -0.1) is 22.7 Å². The monoisotopic (exact) mass is 290 g/mol. The highest BCUT2D eigenvalue weighted by Crippen LogP contribution is 2.36. The molecule has 2 nitrogen and oxygen atoms in total. The van der Waals surface area contributed by atoms with Gasteiger partial charge in [-0.05, 0) is 47.7 Å². The van der Waals surface area contributed by atoms with Crippen LogP contribution in [0.4, 0.5) is 0 Å². The number of rotatable bonds is 3. The zero-order valence-electron chi connectivity index (χ0n) is 10.7. The maximum atomic E-state index is 10.5. The lowest BCUT2D eigenvalue weighted by Crippen LogP contribution is -1.98. The lowest BCUT2D eigenvalue weighted by atomic mass is 10.0. The Balaban J connectivity index is 1.96. The van der Waals surface area contributed by atoms with E-state index in [0.717, 1.165) is 21.8 Å². The number of hydrogen-bond donors (Lipinski definition) is 1. The van der Waals surface area contributed by atoms with Gasteiger partial charge in [-0.25, -0.2) is 0 Å². The van der Waals surface area contributed by atoms with Crippen LogP contribution in [0.1, 0.15) is 22.1 Å². The molecule has 1 atom stereocenters. The second-order valence-electron chi connectivity index (χ2n) is 4.43. The van der Waals surface area contributed by atoms with E-state index in [1.54, 1.807) is 29.8 Å². The smallest absolute Gasteiger partial charge is 0.121 e. The molecule has 0 spiro atoms. The van der Waals surface area contributed by atoms with E-state index >= 15 is 0 Å². The summed E-state index contributed by atoms with van der Waals surface area (Å²) in [6.45, 7) is 1.99. The molecule has 0 aliphatic rings. The average molecular weight is 290 g/mol. The standard InChI is InChI=1S/C15H14O2S2/c1-9-7-10(3-4-11(9)17-2)15(16)14-8-13-12(19-14)5-6-18-13/h3-8,15-16H,1-2H3. The summed E-state index contributed by atoms with van der Waals surface area (Å²) in [7, 11) is 1.66. The zero-order valence-corrected chi connectivity index (χ0v) is 12.3. The van der Waals surface area contributed by atoms with Gasteiger partial charge in [0.1, 0.15) is 11.9 Å². The maximum Gasteiger partial charge on any atom is 0.121 e. The fourth-order valence-electron chi connectivity index (χ4n) is 2.16. The van der Waals surface area contributed by atoms with Crippen molar-refractivity contribution < 1.29 is 9.84 Å². The van der Waals surface area contributed by atoms with Crippen LogP contribution in [0, 0.1) is 6.92 Å². The lowest BCUT2D eigenvalue weighted by molar-refractivity contribution is 0.224. The van der Waals surface area contributed by atoms with Gasteiger partial charge >= 0.3 is 0 Å². The van der Waals surface area contributed by atoms with Crippen LogP contribution in [-0.2, 0) is 0 Å². The maximum absolute atomic E-state index is 10.5. The molecule has 2 heterocycles. The number of aliphatic hydroxyl groups excluding tert-OH is 1. The van der Waals surface area contributed by atoms with Crippen molar-refractivity contribution in [1.29, 1.82) is 0 Å². The van der Waals surface area contributed by atoms with Crippen LogP contribution >= 0.6 is 22.7 Å². The summed E-state index contributed by atoms with van der Waals surface area (Å²) in [4.78, 5) is 0.992. The van der Waals surface area contributed by atoms with E-state index in [4.69, 9.17) is 4.74 Å². The first-order chi connectivity index (χ1) is 9.19. The fraction of sp³-hybridized carbons (Fsp3) is 0.200. The molecule has 0 aliphatic carbocycles. The minimum absolute atomic E-state index is 0.561. The first-order valence-electron chi connectivity index (χ1n) is 5.98. The quantitative estimate of drug-likeness (QED) is 0.776. The van der Waals surface area contributed by atoms with E-state index in [1.807, 2.05) is 25.1 Å². The molecule has 2 aromatic heterocycles. The number of ether oxygens (including phenoxy) is 1. The number of aliphatic hydroxyl groups is 1. The Kier molecular flexibility index (Phi) is 3.31. The van der Waals surface area contributed by atoms with Gasteiger partial charge in [-0.3, -0.25) is 0 Å². The predicted molar refractivity (Wildman–Crippen MR) is 81.5 cm³/mol. The Morgan fingerprint density at radius 2 is 2.00 bits per heavy atom. The van der Waals surface area contributed by atoms with Crippen LogP contribution < -0.4 is 4.74 Å². The minimum Gasteiger partial charge on any atom is -0.496 e. The molecule has 1 aromatic carbocycles. The molecule has 0 saturated carbocycles. The number of benzene rings is 1. The van der Waals surface area contributed by atoms with E-state index in [9.17, 15) is 5.11 Å². The second-order valence-corrected chi connectivity index (χ2v) is 6.49. The molecule has 0 aliphatic heterocycles. The topological polar surface area (TPSA) is 29.5 Å². The fourth-order valence-corrected chi connectivity index (χ4v) is 4.29. The summed E-state index contributed by atoms with van der Waals surface area (Å²) in [5, 5.41) is 12.6. The van der Waals surface area contributed by atoms with Gasteiger partial charge in [0.05, 0.1) is 7.11 Å². The third-order valence-electron chi connectivity index (χ3n) is 3.16. The Morgan fingerprint density at radius 1 is 1.16 bits per heavy atom. The summed E-state index contributed by atoms with van der Waals surface area (Å²) in [6.07, 6.45) is -0.561. The van der Waals surface area contributed by atoms with Crippen molar-refractivity contribution in [3.63, 3.8) is 0 Å². The van der Waals surface area contributed by atoms with Gasteiger partial charge in [0, 0.05) is 14.3 Å². The number of fused-ring (bicyclic) bond motifs is 1. The van der Waals surface area contributed by atoms with Crippen molar-refractivity contribution in [2.45, 2.75) is 13.0 Å². The van der Waals surface area contributed by atoms with Gasteiger partial charge in [-0.2, -0.15) is 0 Å². The average Bonchev–Trinajstić information content (AvgIpc) is 2.98. The molecule has 1 N–H and O–H groups in total. The third-order valence-corrected chi connectivity index (χ3v) is 5.31. The van der Waals surface area contributed by atoms with Crippen LogP contribution in [0.15, 0.2) is 35.7 Å². The van der Waals surface area contributed by atoms with Crippen molar-refractivity contribution in [2.75, 3.05) is 7.11 Å². The van der Waals surface area contributed by atoms with Gasteiger partial charge in [0.15, 0.2) is 0 Å². The number of aryl methyl sites for hydroxylation is 1. The first kappa shape index (κ1) is 12.7. The largest absolute Gasteiger partial charge is 0.496 e. The molecule has 4 heteroatoms. The van der Waals surface area contributed by atoms with E-state index < -0.39 is 6.10 Å². The van der Waals surface area contributed by atoms with Crippen LogP contribution in [0.2, 0.25) is 0 Å². The molecule has 3 aromatic rings. The summed E-state index contributed by atoms with van der Waals surface area (Å²) in [6, 6.07) is 9.99. The highest BCUT2D eigenvalue weighted by atomic mass is 32.1. The van der Waals surface area contributed by atoms with Crippen molar-refractivity contribution >= 4 is 32.1 Å². The van der Waals surface area contributed by atoms with Crippen LogP contribution in [0.3, 0.4) is 0 Å². The van der Waals surface area contributed by atoms with Gasteiger partial charge < -0.3 is 9.84 Å². The van der Waals surface area contributed by atoms with Crippen molar-refractivity contribution in [3.8, 4) is 5.75 Å². The highest BCUT2D eigenvalue weighted by molar-refractivity contribution is 7.26. The van der Waals surface area contributed by atoms with E-state index in [-0.39, 0.29) is 0 Å². The summed E-state index contributed by atoms with van der Waals surface area (Å²) < 4.78 is 7.72. The molecular weight excluding hydrogens is 276 g/mol. The normalized spacial score (nSPS) is 12.8. The van der Waals surface area contributed by atoms with Gasteiger partial charge in [-0.1, -0.05) is 6.07 Å². The Morgan fingerprint density at radius 3 is 2.68 bits per heavy atom. The highest BCUT2D eigenvalue weighted by Gasteiger charge is 2.15. The molecular formula is C15H14O2S2. The molecule has 0 bridgehead atoms. The molecule has 0 saturated heterocycles. The molecule has 19 heavy (non-hydrogen) atoms. The Hall–Kier alpha value is -1.36. The molecule has 0 radical (unpaired) electrons. The Labute approximate surface area is 119 Å². The Bertz CT molecular complexity index is 683. The van der Waals surface area contributed by atoms with Crippen molar-refractivity contribution in [2.24, 2.45) is 0 Å². The summed E-state index contributed by atoms with van der Waals surface area (Å²) in [5.41, 5.74) is 1.95. The minimum atomic E-state index is -0.561. The van der Waals surface area contributed by atoms with Crippen molar-refractivity contribution in [1.82, 2.24) is 0 Å². The SMILES string of the molecule is COc1ccc(C(O)c2cc3sccc3s2)cc1C. The summed E-state index contributed by atoms with van der Waals surface area (Å²) in [5.74, 6) is 0.850. The number of methoxy groups -OCH3 is 1. The molecule has 1 unspecified atom stereocenters. The number of thiophene rings is 2. The second kappa shape index (κ2) is 4.96. The van der Waals surface area contributed by atoms with Crippen molar-refractivity contribution in [3.05, 3.63) is 51.7 Å². The van der Waals surface area contributed by atoms with Crippen LogP contribution in [-0.4, -0.2) is 12.2 Å². The van der Waals surface area contributed by atoms with Gasteiger partial charge in [0.2, 0.25) is 0 Å². The predicted octanol–water partition coefficient (Wildman–Crippen LogP) is 4.36. The summed E-state index contributed by atoms with van der Waals surface area (Å²) >= 11 is 3.36. The zero-order chi connectivity index (χ0) is 13.4. The molecule has 0 amide bonds. The first-order valence-corrected chi connectivity index (χ1v) is 7.68. The number of hydrogen-bond acceptors (Lipinski definition) is 4. The van der Waals surface area contributed by atoms with E-state index in [2.05, 4.69) is 17.5 Å². The molecule has 3 rings (SSSR count). The van der Waals surface area contributed by atoms with Gasteiger partial charge in [0.25, 0.3) is 0 Å². The third kappa shape index (κ3) is 2.27. The lowest BCUT2D eigenvalue weighted by Gasteiger charge is -2.11. The van der Waals surface area contributed by atoms with Crippen LogP contribution in [0.25, 0.3) is 9.40 Å². The van der Waals surface area contributed by atoms with E-state index in [1.165, 1.54) is 9.40 Å².